The molecule has 2 atom stereocenters. The molecule has 0 spiro atoms. The normalized spacial score (nSPS) is 23.7. The summed E-state index contributed by atoms with van der Waals surface area (Å²) in [5, 5.41) is 11.4. The molecule has 1 amide bonds. The summed E-state index contributed by atoms with van der Waals surface area (Å²) in [6.07, 6.45) is 1.98. The molecule has 5 rings (SSSR count). The van der Waals surface area contributed by atoms with Gasteiger partial charge in [0, 0.05) is 29.4 Å². The van der Waals surface area contributed by atoms with Crippen LogP contribution < -0.4 is 11.1 Å². The largest absolute Gasteiger partial charge is 0.361 e. The Labute approximate surface area is 186 Å². The number of carbonyl (C=O) groups is 1. The van der Waals surface area contributed by atoms with Gasteiger partial charge in [-0.15, -0.1) is 0 Å². The van der Waals surface area contributed by atoms with Crippen LogP contribution in [0.5, 0.6) is 0 Å². The number of nitrogens with zero attached hydrogens (tertiary/aromatic N) is 2. The van der Waals surface area contributed by atoms with E-state index in [0.29, 0.717) is 6.54 Å². The van der Waals surface area contributed by atoms with Gasteiger partial charge >= 0.3 is 0 Å². The summed E-state index contributed by atoms with van der Waals surface area (Å²) >= 11 is 1.61. The lowest BCUT2D eigenvalue weighted by molar-refractivity contribution is -0.126. The number of aryl methyl sites for hydroxylation is 2. The molecule has 4 heterocycles. The van der Waals surface area contributed by atoms with Crippen molar-refractivity contribution in [3.63, 3.8) is 0 Å². The number of hydrogen-bond donors (Lipinski definition) is 2. The Bertz CT molecular complexity index is 1060. The van der Waals surface area contributed by atoms with Crippen molar-refractivity contribution < 1.29 is 9.32 Å². The molecule has 1 saturated heterocycles. The summed E-state index contributed by atoms with van der Waals surface area (Å²) in [7, 11) is 0. The number of aromatic nitrogens is 1. The zero-order valence-corrected chi connectivity index (χ0v) is 18.9. The summed E-state index contributed by atoms with van der Waals surface area (Å²) < 4.78 is 5.39. The maximum absolute atomic E-state index is 13.6. The number of nitrogens with one attached hydrogen (secondary N) is 1. The van der Waals surface area contributed by atoms with Crippen LogP contribution in [-0.2, 0) is 10.3 Å². The lowest BCUT2D eigenvalue weighted by Gasteiger charge is -2.43. The van der Waals surface area contributed by atoms with E-state index < -0.39 is 5.54 Å². The predicted octanol–water partition coefficient (Wildman–Crippen LogP) is 3.75. The number of hydrogen-bond acceptors (Lipinski definition) is 6. The highest BCUT2D eigenvalue weighted by Gasteiger charge is 2.53. The highest BCUT2D eigenvalue weighted by molar-refractivity contribution is 7.59. The van der Waals surface area contributed by atoms with Gasteiger partial charge in [0.15, 0.2) is 5.54 Å². The Morgan fingerprint density at radius 3 is 2.83 bits per heavy atom. The van der Waals surface area contributed by atoms with E-state index in [0.717, 1.165) is 58.8 Å². The van der Waals surface area contributed by atoms with Gasteiger partial charge in [-0.2, -0.15) is 24.8 Å². The van der Waals surface area contributed by atoms with Gasteiger partial charge in [-0.25, -0.2) is 0 Å². The minimum atomic E-state index is -0.859. The molecule has 2 aliphatic heterocycles. The Morgan fingerprint density at radius 1 is 1.33 bits per heavy atom. The molecule has 0 bridgehead atoms. The Kier molecular flexibility index (Phi) is 5.52. The standard InChI is InChI=1S/C22H24N4O2S.H2S/c1-13-20(14(2)28-25-13)15-5-6-19-18(10-15)22(21(27)24-19,16-7-9-29-12-16)26-8-3-4-17(23)11-26;/h5-7,9-10,12,17H,3-4,8,11,23H2,1-2H3,(H,24,27);1H2/t17-,22?;/m0./s1. The minimum Gasteiger partial charge on any atom is -0.361 e. The maximum atomic E-state index is 13.6. The first kappa shape index (κ1) is 21.1. The summed E-state index contributed by atoms with van der Waals surface area (Å²) in [5.74, 6) is 0.775. The number of piperidine rings is 1. The van der Waals surface area contributed by atoms with Crippen molar-refractivity contribution in [2.24, 2.45) is 5.73 Å². The Morgan fingerprint density at radius 2 is 2.17 bits per heavy atom. The number of amides is 1. The molecule has 0 radical (unpaired) electrons. The van der Waals surface area contributed by atoms with Crippen molar-refractivity contribution in [2.45, 2.75) is 38.3 Å². The molecular formula is C22H26N4O2S2. The fourth-order valence-corrected chi connectivity index (χ4v) is 5.61. The number of nitrogens with two attached hydrogens (primary N) is 1. The van der Waals surface area contributed by atoms with E-state index >= 15 is 0 Å². The van der Waals surface area contributed by atoms with Crippen LogP contribution in [0.25, 0.3) is 11.1 Å². The fraction of sp³-hybridized carbons (Fsp3) is 0.364. The van der Waals surface area contributed by atoms with Gasteiger partial charge in [0.25, 0.3) is 5.91 Å². The summed E-state index contributed by atoms with van der Waals surface area (Å²) in [5.41, 5.74) is 11.2. The second-order valence-electron chi connectivity index (χ2n) is 7.98. The Balaban J connectivity index is 0.00000218. The highest BCUT2D eigenvalue weighted by Crippen LogP contribution is 2.48. The molecule has 0 saturated carbocycles. The fourth-order valence-electron chi connectivity index (χ4n) is 4.91. The quantitative estimate of drug-likeness (QED) is 0.645. The zero-order valence-electron chi connectivity index (χ0n) is 17.1. The van der Waals surface area contributed by atoms with Crippen LogP contribution >= 0.6 is 24.8 Å². The molecule has 2 aliphatic rings. The van der Waals surface area contributed by atoms with Gasteiger partial charge in [0.05, 0.1) is 5.69 Å². The van der Waals surface area contributed by atoms with Crippen LogP contribution in [-0.4, -0.2) is 35.1 Å². The first-order valence-corrected chi connectivity index (χ1v) is 10.9. The third kappa shape index (κ3) is 3.01. The van der Waals surface area contributed by atoms with E-state index in [1.54, 1.807) is 11.3 Å². The van der Waals surface area contributed by atoms with Crippen LogP contribution in [0.1, 0.15) is 35.4 Å². The van der Waals surface area contributed by atoms with E-state index in [-0.39, 0.29) is 25.4 Å². The topological polar surface area (TPSA) is 84.4 Å². The van der Waals surface area contributed by atoms with E-state index in [1.165, 1.54) is 0 Å². The van der Waals surface area contributed by atoms with E-state index in [2.05, 4.69) is 32.9 Å². The number of likely N-dealkylation sites (tertiary alicyclic amines) is 1. The van der Waals surface area contributed by atoms with Crippen LogP contribution in [0.4, 0.5) is 5.69 Å². The van der Waals surface area contributed by atoms with Crippen LogP contribution in [0.15, 0.2) is 39.5 Å². The van der Waals surface area contributed by atoms with Crippen molar-refractivity contribution >= 4 is 36.4 Å². The molecule has 1 fully saturated rings. The van der Waals surface area contributed by atoms with Gasteiger partial charge in [-0.3, -0.25) is 9.69 Å². The molecule has 6 nitrogen and oxygen atoms in total. The van der Waals surface area contributed by atoms with E-state index in [9.17, 15) is 4.79 Å². The summed E-state index contributed by atoms with van der Waals surface area (Å²) in [4.78, 5) is 15.8. The highest BCUT2D eigenvalue weighted by atomic mass is 32.1. The van der Waals surface area contributed by atoms with Crippen molar-refractivity contribution in [2.75, 3.05) is 18.4 Å². The average molecular weight is 443 g/mol. The average Bonchev–Trinajstić information content (AvgIpc) is 3.40. The van der Waals surface area contributed by atoms with E-state index in [1.807, 2.05) is 31.4 Å². The Hall–Kier alpha value is -2.13. The van der Waals surface area contributed by atoms with Gasteiger partial charge in [-0.05, 0) is 73.3 Å². The van der Waals surface area contributed by atoms with Crippen LogP contribution in [0, 0.1) is 13.8 Å². The smallest absolute Gasteiger partial charge is 0.254 e. The molecular weight excluding hydrogens is 416 g/mol. The number of carbonyl (C=O) groups excluding carboxylic acids is 1. The SMILES string of the molecule is Cc1noc(C)c1-c1ccc2c(c1)C(c1ccsc1)(N1CCC[C@H](N)C1)C(=O)N2.S. The second-order valence-corrected chi connectivity index (χ2v) is 8.76. The maximum Gasteiger partial charge on any atom is 0.254 e. The van der Waals surface area contributed by atoms with E-state index in [4.69, 9.17) is 10.3 Å². The first-order chi connectivity index (χ1) is 14.0. The van der Waals surface area contributed by atoms with Crippen molar-refractivity contribution in [1.82, 2.24) is 10.1 Å². The lowest BCUT2D eigenvalue weighted by atomic mass is 9.81. The van der Waals surface area contributed by atoms with Gasteiger partial charge in [0.2, 0.25) is 0 Å². The minimum absolute atomic E-state index is 0. The zero-order chi connectivity index (χ0) is 20.2. The summed E-state index contributed by atoms with van der Waals surface area (Å²) in [6, 6.07) is 8.27. The second kappa shape index (κ2) is 7.85. The van der Waals surface area contributed by atoms with Gasteiger partial charge in [0.1, 0.15) is 5.76 Å². The van der Waals surface area contributed by atoms with Crippen molar-refractivity contribution in [3.8, 4) is 11.1 Å². The molecule has 3 aromatic rings. The van der Waals surface area contributed by atoms with Gasteiger partial charge in [-0.1, -0.05) is 11.2 Å². The molecule has 1 aromatic carbocycles. The number of benzene rings is 1. The van der Waals surface area contributed by atoms with Crippen LogP contribution in [0.3, 0.4) is 0 Å². The van der Waals surface area contributed by atoms with Crippen LogP contribution in [0.2, 0.25) is 0 Å². The molecule has 3 N–H and O–H groups in total. The number of fused-ring (bicyclic) bond motifs is 1. The third-order valence-corrected chi connectivity index (χ3v) is 6.86. The van der Waals surface area contributed by atoms with Crippen molar-refractivity contribution in [3.05, 3.63) is 57.6 Å². The predicted molar refractivity (Wildman–Crippen MR) is 124 cm³/mol. The summed E-state index contributed by atoms with van der Waals surface area (Å²) in [6.45, 7) is 5.39. The molecule has 1 unspecified atom stereocenters. The number of thiophene rings is 1. The third-order valence-electron chi connectivity index (χ3n) is 6.18. The monoisotopic (exact) mass is 442 g/mol. The molecule has 8 heteroatoms. The molecule has 2 aromatic heterocycles. The lowest BCUT2D eigenvalue weighted by Crippen LogP contribution is -2.57. The first-order valence-electron chi connectivity index (χ1n) is 9.94. The number of rotatable bonds is 3. The molecule has 158 valence electrons. The van der Waals surface area contributed by atoms with Gasteiger partial charge < -0.3 is 15.6 Å². The number of anilines is 1. The molecule has 30 heavy (non-hydrogen) atoms. The van der Waals surface area contributed by atoms with Crippen molar-refractivity contribution in [1.29, 1.82) is 0 Å². The molecule has 0 aliphatic carbocycles.